The highest BCUT2D eigenvalue weighted by Gasteiger charge is 2.32. The Hall–Kier alpha value is -1.43. The van der Waals surface area contributed by atoms with Crippen LogP contribution < -0.4 is 10.0 Å². The van der Waals surface area contributed by atoms with E-state index in [0.717, 1.165) is 36.7 Å². The Balaban J connectivity index is 1.92. The van der Waals surface area contributed by atoms with Crippen molar-refractivity contribution in [2.75, 3.05) is 13.1 Å². The first-order valence-corrected chi connectivity index (χ1v) is 8.70. The molecule has 1 saturated heterocycles. The second-order valence-corrected chi connectivity index (χ2v) is 7.61. The van der Waals surface area contributed by atoms with E-state index in [1.165, 1.54) is 0 Å². The van der Waals surface area contributed by atoms with Gasteiger partial charge in [0.25, 0.3) is 0 Å². The molecule has 0 radical (unpaired) electrons. The largest absolute Gasteiger partial charge is 0.317 e. The van der Waals surface area contributed by atoms with Gasteiger partial charge in [0.1, 0.15) is 0 Å². The standard InChI is InChI=1S/C16H20N2O2S/c1-16(8-10-17-11-9-16)18-21(19,20)15-7-6-13-4-2-3-5-14(13)12-15/h2-7,12,17-18H,8-11H2,1H3. The monoisotopic (exact) mass is 304 g/mol. The van der Waals surface area contributed by atoms with Crippen LogP contribution in [0.25, 0.3) is 10.8 Å². The molecule has 2 aromatic rings. The molecular formula is C16H20N2O2S. The maximum absolute atomic E-state index is 12.6. The Labute approximate surface area is 125 Å². The lowest BCUT2D eigenvalue weighted by atomic mass is 9.92. The summed E-state index contributed by atoms with van der Waals surface area (Å²) in [6.07, 6.45) is 1.61. The zero-order valence-electron chi connectivity index (χ0n) is 12.1. The number of sulfonamides is 1. The van der Waals surface area contributed by atoms with Crippen molar-refractivity contribution in [3.63, 3.8) is 0 Å². The first kappa shape index (κ1) is 14.5. The Morgan fingerprint density at radius 3 is 2.43 bits per heavy atom. The molecule has 112 valence electrons. The molecule has 0 saturated carbocycles. The summed E-state index contributed by atoms with van der Waals surface area (Å²) in [6, 6.07) is 13.0. The molecule has 1 aliphatic rings. The van der Waals surface area contributed by atoms with Gasteiger partial charge < -0.3 is 5.32 Å². The molecule has 1 heterocycles. The summed E-state index contributed by atoms with van der Waals surface area (Å²) < 4.78 is 28.1. The maximum atomic E-state index is 12.6. The second kappa shape index (κ2) is 5.40. The van der Waals surface area contributed by atoms with Gasteiger partial charge in [-0.1, -0.05) is 30.3 Å². The van der Waals surface area contributed by atoms with Gasteiger partial charge in [0.2, 0.25) is 10.0 Å². The number of hydrogen-bond acceptors (Lipinski definition) is 3. The summed E-state index contributed by atoms with van der Waals surface area (Å²) in [7, 11) is -3.49. The molecule has 0 amide bonds. The molecule has 0 aromatic heterocycles. The first-order valence-electron chi connectivity index (χ1n) is 7.22. The molecule has 2 N–H and O–H groups in total. The van der Waals surface area contributed by atoms with E-state index < -0.39 is 10.0 Å². The third-order valence-electron chi connectivity index (χ3n) is 4.12. The predicted octanol–water partition coefficient (Wildman–Crippen LogP) is 2.26. The van der Waals surface area contributed by atoms with Gasteiger partial charge in [0.15, 0.2) is 0 Å². The fraction of sp³-hybridized carbons (Fsp3) is 0.375. The molecule has 2 aromatic carbocycles. The molecule has 5 heteroatoms. The molecule has 21 heavy (non-hydrogen) atoms. The highest BCUT2D eigenvalue weighted by molar-refractivity contribution is 7.89. The van der Waals surface area contributed by atoms with Crippen molar-refractivity contribution in [2.45, 2.75) is 30.2 Å². The second-order valence-electron chi connectivity index (χ2n) is 5.93. The molecule has 0 bridgehead atoms. The van der Waals surface area contributed by atoms with E-state index in [1.54, 1.807) is 12.1 Å². The van der Waals surface area contributed by atoms with Gasteiger partial charge >= 0.3 is 0 Å². The van der Waals surface area contributed by atoms with E-state index in [0.29, 0.717) is 4.90 Å². The number of benzene rings is 2. The molecule has 0 spiro atoms. The summed E-state index contributed by atoms with van der Waals surface area (Å²) >= 11 is 0. The number of rotatable bonds is 3. The smallest absolute Gasteiger partial charge is 0.241 e. The minimum absolute atomic E-state index is 0.334. The van der Waals surface area contributed by atoms with Gasteiger partial charge in [-0.2, -0.15) is 0 Å². The van der Waals surface area contributed by atoms with E-state index in [9.17, 15) is 8.42 Å². The highest BCUT2D eigenvalue weighted by atomic mass is 32.2. The van der Waals surface area contributed by atoms with Crippen LogP contribution in [-0.4, -0.2) is 27.0 Å². The molecule has 4 nitrogen and oxygen atoms in total. The molecule has 0 aliphatic carbocycles. The quantitative estimate of drug-likeness (QED) is 0.914. The first-order chi connectivity index (χ1) is 9.99. The van der Waals surface area contributed by atoms with Crippen molar-refractivity contribution in [2.24, 2.45) is 0 Å². The predicted molar refractivity (Wildman–Crippen MR) is 84.8 cm³/mol. The molecule has 0 atom stereocenters. The van der Waals surface area contributed by atoms with Gasteiger partial charge in [0, 0.05) is 5.54 Å². The fourth-order valence-corrected chi connectivity index (χ4v) is 4.30. The van der Waals surface area contributed by atoms with Gasteiger partial charge in [-0.25, -0.2) is 13.1 Å². The van der Waals surface area contributed by atoms with Crippen LogP contribution in [0.1, 0.15) is 19.8 Å². The summed E-state index contributed by atoms with van der Waals surface area (Å²) in [4.78, 5) is 0.334. The van der Waals surface area contributed by atoms with Crippen molar-refractivity contribution < 1.29 is 8.42 Å². The molecule has 3 rings (SSSR count). The number of hydrogen-bond donors (Lipinski definition) is 2. The average Bonchev–Trinajstić information content (AvgIpc) is 2.46. The number of piperidine rings is 1. The van der Waals surface area contributed by atoms with Crippen molar-refractivity contribution >= 4 is 20.8 Å². The topological polar surface area (TPSA) is 58.2 Å². The van der Waals surface area contributed by atoms with Crippen LogP contribution >= 0.6 is 0 Å². The molecule has 0 unspecified atom stereocenters. The van der Waals surface area contributed by atoms with E-state index in [2.05, 4.69) is 10.0 Å². The highest BCUT2D eigenvalue weighted by Crippen LogP contribution is 2.23. The van der Waals surface area contributed by atoms with Gasteiger partial charge in [0.05, 0.1) is 4.90 Å². The summed E-state index contributed by atoms with van der Waals surface area (Å²) in [5.41, 5.74) is -0.365. The summed E-state index contributed by atoms with van der Waals surface area (Å²) in [5.74, 6) is 0. The van der Waals surface area contributed by atoms with Crippen LogP contribution in [0.3, 0.4) is 0 Å². The minimum atomic E-state index is -3.49. The van der Waals surface area contributed by atoms with Gasteiger partial charge in [-0.05, 0) is 55.8 Å². The Morgan fingerprint density at radius 2 is 1.71 bits per heavy atom. The fourth-order valence-electron chi connectivity index (χ4n) is 2.80. The lowest BCUT2D eigenvalue weighted by Crippen LogP contribution is -2.52. The Kier molecular flexibility index (Phi) is 3.73. The number of nitrogens with one attached hydrogen (secondary N) is 2. The van der Waals surface area contributed by atoms with Crippen molar-refractivity contribution in [3.05, 3.63) is 42.5 Å². The third kappa shape index (κ3) is 3.10. The third-order valence-corrected chi connectivity index (χ3v) is 5.76. The molecular weight excluding hydrogens is 284 g/mol. The van der Waals surface area contributed by atoms with E-state index >= 15 is 0 Å². The van der Waals surface area contributed by atoms with E-state index in [1.807, 2.05) is 37.3 Å². The van der Waals surface area contributed by atoms with Crippen molar-refractivity contribution in [1.29, 1.82) is 0 Å². The minimum Gasteiger partial charge on any atom is -0.317 e. The van der Waals surface area contributed by atoms with E-state index in [4.69, 9.17) is 0 Å². The van der Waals surface area contributed by atoms with Gasteiger partial charge in [-0.15, -0.1) is 0 Å². The molecule has 1 aliphatic heterocycles. The lowest BCUT2D eigenvalue weighted by Gasteiger charge is -2.34. The average molecular weight is 304 g/mol. The van der Waals surface area contributed by atoms with Crippen LogP contribution in [0.5, 0.6) is 0 Å². The van der Waals surface area contributed by atoms with Crippen LogP contribution in [0.15, 0.2) is 47.4 Å². The van der Waals surface area contributed by atoms with Crippen molar-refractivity contribution in [1.82, 2.24) is 10.0 Å². The van der Waals surface area contributed by atoms with Crippen LogP contribution in [0.2, 0.25) is 0 Å². The van der Waals surface area contributed by atoms with Crippen molar-refractivity contribution in [3.8, 4) is 0 Å². The maximum Gasteiger partial charge on any atom is 0.241 e. The lowest BCUT2D eigenvalue weighted by molar-refractivity contribution is 0.308. The zero-order valence-corrected chi connectivity index (χ0v) is 12.9. The normalized spacial score (nSPS) is 18.7. The van der Waals surface area contributed by atoms with Crippen LogP contribution in [0, 0.1) is 0 Å². The summed E-state index contributed by atoms with van der Waals surface area (Å²) in [5, 5.41) is 5.24. The Bertz CT molecular complexity index is 750. The van der Waals surface area contributed by atoms with E-state index in [-0.39, 0.29) is 5.54 Å². The number of fused-ring (bicyclic) bond motifs is 1. The zero-order chi connectivity index (χ0) is 14.9. The van der Waals surface area contributed by atoms with Gasteiger partial charge in [-0.3, -0.25) is 0 Å². The van der Waals surface area contributed by atoms with Crippen LogP contribution in [0.4, 0.5) is 0 Å². The summed E-state index contributed by atoms with van der Waals surface area (Å²) in [6.45, 7) is 3.67. The SMILES string of the molecule is CC1(NS(=O)(=O)c2ccc3ccccc3c2)CCNCC1. The Morgan fingerprint density at radius 1 is 1.05 bits per heavy atom. The van der Waals surface area contributed by atoms with Crippen LogP contribution in [-0.2, 0) is 10.0 Å². The molecule has 1 fully saturated rings.